The van der Waals surface area contributed by atoms with Crippen LogP contribution in [0.25, 0.3) is 0 Å². The lowest BCUT2D eigenvalue weighted by atomic mass is 10.1. The highest BCUT2D eigenvalue weighted by Gasteiger charge is 2.14. The zero-order chi connectivity index (χ0) is 18.7. The van der Waals surface area contributed by atoms with Crippen LogP contribution in [0.3, 0.4) is 0 Å². The van der Waals surface area contributed by atoms with Crippen molar-refractivity contribution in [3.05, 3.63) is 70.0 Å². The second-order valence-electron chi connectivity index (χ2n) is 5.53. The summed E-state index contributed by atoms with van der Waals surface area (Å²) in [6, 6.07) is 13.4. The zero-order valence-electron chi connectivity index (χ0n) is 13.6. The number of anilines is 1. The number of hydrogen-bond acceptors (Lipinski definition) is 6. The summed E-state index contributed by atoms with van der Waals surface area (Å²) in [6.07, 6.45) is 1.47. The lowest BCUT2D eigenvalue weighted by Gasteiger charge is -2.02. The second-order valence-corrected chi connectivity index (χ2v) is 8.40. The maximum absolute atomic E-state index is 12.2. The lowest BCUT2D eigenvalue weighted by molar-refractivity contribution is 0.102. The van der Waals surface area contributed by atoms with Crippen molar-refractivity contribution in [2.45, 2.75) is 11.3 Å². The van der Waals surface area contributed by atoms with Crippen LogP contribution in [0, 0.1) is 0 Å². The van der Waals surface area contributed by atoms with Gasteiger partial charge in [0.15, 0.2) is 9.84 Å². The third-order valence-corrected chi connectivity index (χ3v) is 5.33. The average Bonchev–Trinajstić information content (AvgIpc) is 3.01. The Hall–Kier alpha value is -2.52. The molecule has 0 fully saturated rings. The number of amides is 1. The largest absolute Gasteiger partial charge is 0.407 e. The third kappa shape index (κ3) is 4.36. The summed E-state index contributed by atoms with van der Waals surface area (Å²) in [5.41, 5.74) is 1.26. The molecule has 0 saturated carbocycles. The first-order valence-electron chi connectivity index (χ1n) is 7.50. The molecular weight excluding hydrogens is 422 g/mol. The molecule has 26 heavy (non-hydrogen) atoms. The van der Waals surface area contributed by atoms with E-state index in [0.29, 0.717) is 22.3 Å². The van der Waals surface area contributed by atoms with Gasteiger partial charge in [-0.1, -0.05) is 29.4 Å². The molecule has 0 aliphatic carbocycles. The molecule has 1 N–H and O–H groups in total. The van der Waals surface area contributed by atoms with Crippen molar-refractivity contribution < 1.29 is 17.6 Å². The van der Waals surface area contributed by atoms with Gasteiger partial charge >= 0.3 is 6.01 Å². The Labute approximate surface area is 158 Å². The monoisotopic (exact) mass is 435 g/mol. The van der Waals surface area contributed by atoms with Gasteiger partial charge in [-0.05, 0) is 45.8 Å². The van der Waals surface area contributed by atoms with Gasteiger partial charge in [-0.3, -0.25) is 10.1 Å². The molecule has 1 heterocycles. The van der Waals surface area contributed by atoms with Gasteiger partial charge in [0.25, 0.3) is 5.91 Å². The summed E-state index contributed by atoms with van der Waals surface area (Å²) >= 11 is 3.31. The van der Waals surface area contributed by atoms with E-state index in [1.54, 1.807) is 36.4 Å². The predicted molar refractivity (Wildman–Crippen MR) is 98.8 cm³/mol. The van der Waals surface area contributed by atoms with Crippen molar-refractivity contribution in [2.75, 3.05) is 11.6 Å². The third-order valence-electron chi connectivity index (χ3n) is 3.51. The number of hydrogen-bond donors (Lipinski definition) is 1. The standard InChI is InChI=1S/C17H14BrN3O4S/c1-26(23,24)12-8-6-11(7-9-12)10-15-20-21-17(25-15)19-16(22)13-4-2-3-5-14(13)18/h2-9H,10H2,1H3,(H,19,21,22). The van der Waals surface area contributed by atoms with E-state index in [4.69, 9.17) is 4.42 Å². The van der Waals surface area contributed by atoms with E-state index < -0.39 is 9.84 Å². The van der Waals surface area contributed by atoms with Crippen molar-refractivity contribution in [3.63, 3.8) is 0 Å². The molecule has 2 aromatic carbocycles. The van der Waals surface area contributed by atoms with Crippen molar-refractivity contribution in [3.8, 4) is 0 Å². The van der Waals surface area contributed by atoms with E-state index in [9.17, 15) is 13.2 Å². The van der Waals surface area contributed by atoms with Crippen molar-refractivity contribution in [1.29, 1.82) is 0 Å². The summed E-state index contributed by atoms with van der Waals surface area (Å²) in [5, 5.41) is 10.2. The van der Waals surface area contributed by atoms with Gasteiger partial charge in [-0.2, -0.15) is 0 Å². The highest BCUT2D eigenvalue weighted by Crippen LogP contribution is 2.18. The molecule has 0 aliphatic heterocycles. The Morgan fingerprint density at radius 2 is 1.81 bits per heavy atom. The molecular formula is C17H14BrN3O4S. The molecule has 9 heteroatoms. The molecule has 0 atom stereocenters. The van der Waals surface area contributed by atoms with Gasteiger partial charge in [-0.25, -0.2) is 8.42 Å². The summed E-state index contributed by atoms with van der Waals surface area (Å²) in [4.78, 5) is 12.5. The molecule has 0 unspecified atom stereocenters. The van der Waals surface area contributed by atoms with Gasteiger partial charge in [0.05, 0.1) is 16.9 Å². The first-order valence-corrected chi connectivity index (χ1v) is 10.2. The number of aromatic nitrogens is 2. The highest BCUT2D eigenvalue weighted by atomic mass is 79.9. The SMILES string of the molecule is CS(=O)(=O)c1ccc(Cc2nnc(NC(=O)c3ccccc3Br)o2)cc1. The van der Waals surface area contributed by atoms with Crippen molar-refractivity contribution >= 4 is 37.7 Å². The predicted octanol–water partition coefficient (Wildman–Crippen LogP) is 3.08. The first-order chi connectivity index (χ1) is 12.3. The molecule has 0 spiro atoms. The van der Waals surface area contributed by atoms with Gasteiger partial charge in [-0.15, -0.1) is 5.10 Å². The van der Waals surface area contributed by atoms with E-state index >= 15 is 0 Å². The minimum atomic E-state index is -3.23. The molecule has 1 amide bonds. The number of sulfone groups is 1. The second kappa shape index (κ2) is 7.38. The van der Waals surface area contributed by atoms with E-state index in [0.717, 1.165) is 11.8 Å². The van der Waals surface area contributed by atoms with Crippen LogP contribution in [-0.2, 0) is 16.3 Å². The Morgan fingerprint density at radius 1 is 1.12 bits per heavy atom. The van der Waals surface area contributed by atoms with Crippen molar-refractivity contribution in [2.24, 2.45) is 0 Å². The van der Waals surface area contributed by atoms with Crippen LogP contribution in [-0.4, -0.2) is 30.8 Å². The minimum absolute atomic E-state index is 0.00601. The summed E-state index contributed by atoms with van der Waals surface area (Å²) < 4.78 is 29.0. The van der Waals surface area contributed by atoms with Crippen LogP contribution in [0.4, 0.5) is 6.01 Å². The number of halogens is 1. The van der Waals surface area contributed by atoms with Crippen LogP contribution in [0.15, 0.2) is 62.3 Å². The Kier molecular flexibility index (Phi) is 5.19. The van der Waals surface area contributed by atoms with Gasteiger partial charge < -0.3 is 4.42 Å². The molecule has 0 saturated heterocycles. The number of nitrogens with zero attached hydrogens (tertiary/aromatic N) is 2. The molecule has 134 valence electrons. The number of benzene rings is 2. The van der Waals surface area contributed by atoms with Gasteiger partial charge in [0, 0.05) is 10.7 Å². The van der Waals surface area contributed by atoms with Crippen LogP contribution >= 0.6 is 15.9 Å². The first kappa shape index (κ1) is 18.3. The molecule has 1 aromatic heterocycles. The Morgan fingerprint density at radius 3 is 2.46 bits per heavy atom. The number of carbonyl (C=O) groups is 1. The fourth-order valence-electron chi connectivity index (χ4n) is 2.21. The molecule has 0 radical (unpaired) electrons. The Balaban J connectivity index is 1.68. The summed E-state index contributed by atoms with van der Waals surface area (Å²) in [5.74, 6) is -0.0651. The fourth-order valence-corrected chi connectivity index (χ4v) is 3.31. The highest BCUT2D eigenvalue weighted by molar-refractivity contribution is 9.10. The number of rotatable bonds is 5. The van der Waals surface area contributed by atoms with E-state index in [2.05, 4.69) is 31.4 Å². The van der Waals surface area contributed by atoms with Gasteiger partial charge in [0.2, 0.25) is 5.89 Å². The molecule has 0 aliphatic rings. The number of carbonyl (C=O) groups excluding carboxylic acids is 1. The quantitative estimate of drug-likeness (QED) is 0.660. The molecule has 7 nitrogen and oxygen atoms in total. The van der Waals surface area contributed by atoms with Crippen LogP contribution in [0.2, 0.25) is 0 Å². The smallest absolute Gasteiger partial charge is 0.322 e. The van der Waals surface area contributed by atoms with E-state index in [1.807, 2.05) is 0 Å². The van der Waals surface area contributed by atoms with Crippen LogP contribution in [0.5, 0.6) is 0 Å². The van der Waals surface area contributed by atoms with E-state index in [-0.39, 0.29) is 16.8 Å². The molecule has 0 bridgehead atoms. The zero-order valence-corrected chi connectivity index (χ0v) is 16.0. The summed E-state index contributed by atoms with van der Waals surface area (Å²) in [6.45, 7) is 0. The normalized spacial score (nSPS) is 11.3. The lowest BCUT2D eigenvalue weighted by Crippen LogP contribution is -2.12. The topological polar surface area (TPSA) is 102 Å². The van der Waals surface area contributed by atoms with Crippen LogP contribution in [0.1, 0.15) is 21.8 Å². The van der Waals surface area contributed by atoms with Crippen LogP contribution < -0.4 is 5.32 Å². The maximum Gasteiger partial charge on any atom is 0.322 e. The minimum Gasteiger partial charge on any atom is -0.407 e. The van der Waals surface area contributed by atoms with Crippen molar-refractivity contribution in [1.82, 2.24) is 10.2 Å². The average molecular weight is 436 g/mol. The number of nitrogens with one attached hydrogen (secondary N) is 1. The fraction of sp³-hybridized carbons (Fsp3) is 0.118. The Bertz CT molecular complexity index is 1050. The molecule has 3 rings (SSSR count). The molecule has 3 aromatic rings. The van der Waals surface area contributed by atoms with E-state index in [1.165, 1.54) is 12.1 Å². The summed E-state index contributed by atoms with van der Waals surface area (Å²) in [7, 11) is -3.23. The maximum atomic E-state index is 12.2. The van der Waals surface area contributed by atoms with Gasteiger partial charge in [0.1, 0.15) is 0 Å².